The predicted octanol–water partition coefficient (Wildman–Crippen LogP) is 3.20. The van der Waals surface area contributed by atoms with Gasteiger partial charge in [-0.2, -0.15) is 0 Å². The Hall–Kier alpha value is -0.810. The summed E-state index contributed by atoms with van der Waals surface area (Å²) in [4.78, 5) is 20.9. The highest BCUT2D eigenvalue weighted by molar-refractivity contribution is 14.0. The number of carbonyl (C=O) groups excluding carboxylic acids is 1. The number of likely N-dealkylation sites (tertiary alicyclic amines) is 1. The van der Waals surface area contributed by atoms with Crippen molar-refractivity contribution in [1.82, 2.24) is 15.1 Å². The monoisotopic (exact) mass is 542 g/mol. The Morgan fingerprint density at radius 1 is 1.20 bits per heavy atom. The van der Waals surface area contributed by atoms with Gasteiger partial charge in [0.1, 0.15) is 5.60 Å². The molecule has 30 heavy (non-hydrogen) atoms. The molecule has 8 nitrogen and oxygen atoms in total. The molecule has 0 aliphatic carbocycles. The Morgan fingerprint density at radius 3 is 2.40 bits per heavy atom. The molecule has 1 amide bonds. The maximum Gasteiger partial charge on any atom is 0.410 e. The standard InChI is InChI=1S/C21H42N4O4.HI/c1-7-24(20(26)29-21(2,3)4)17-18-9-12-25(13-10-18)19(22-5)23-11-8-14-28-16-15-27-6;/h18H,7-17H2,1-6H3,(H,22,23);1H. The highest BCUT2D eigenvalue weighted by Gasteiger charge is 2.27. The number of methoxy groups -OCH3 is 1. The van der Waals surface area contributed by atoms with Crippen LogP contribution in [0.4, 0.5) is 4.79 Å². The number of ether oxygens (including phenoxy) is 3. The third-order valence-corrected chi connectivity index (χ3v) is 4.82. The topological polar surface area (TPSA) is 75.6 Å². The van der Waals surface area contributed by atoms with Crippen LogP contribution in [-0.2, 0) is 14.2 Å². The van der Waals surface area contributed by atoms with Gasteiger partial charge in [-0.15, -0.1) is 24.0 Å². The van der Waals surface area contributed by atoms with Gasteiger partial charge in [-0.05, 0) is 52.9 Å². The van der Waals surface area contributed by atoms with Gasteiger partial charge in [0, 0.05) is 53.5 Å². The third kappa shape index (κ3) is 12.1. The van der Waals surface area contributed by atoms with Crippen LogP contribution in [0.5, 0.6) is 0 Å². The second kappa shape index (κ2) is 15.9. The van der Waals surface area contributed by atoms with Crippen molar-refractivity contribution < 1.29 is 19.0 Å². The number of aliphatic imine (C=N–C) groups is 1. The molecule has 1 rings (SSSR count). The van der Waals surface area contributed by atoms with E-state index in [-0.39, 0.29) is 30.1 Å². The summed E-state index contributed by atoms with van der Waals surface area (Å²) in [5.41, 5.74) is -0.457. The predicted molar refractivity (Wildman–Crippen MR) is 132 cm³/mol. The molecule has 1 heterocycles. The summed E-state index contributed by atoms with van der Waals surface area (Å²) in [6.07, 6.45) is 2.80. The minimum absolute atomic E-state index is 0. The molecule has 178 valence electrons. The van der Waals surface area contributed by atoms with E-state index in [4.69, 9.17) is 14.2 Å². The second-order valence-electron chi connectivity index (χ2n) is 8.38. The minimum atomic E-state index is -0.457. The van der Waals surface area contributed by atoms with Gasteiger partial charge in [-0.3, -0.25) is 4.99 Å². The molecule has 0 aromatic rings. The number of guanidine groups is 1. The van der Waals surface area contributed by atoms with Crippen LogP contribution >= 0.6 is 24.0 Å². The molecule has 0 unspecified atom stereocenters. The van der Waals surface area contributed by atoms with E-state index < -0.39 is 5.60 Å². The lowest BCUT2D eigenvalue weighted by Crippen LogP contribution is -2.48. The van der Waals surface area contributed by atoms with Crippen molar-refractivity contribution in [3.8, 4) is 0 Å². The second-order valence-corrected chi connectivity index (χ2v) is 8.38. The fourth-order valence-electron chi connectivity index (χ4n) is 3.25. The van der Waals surface area contributed by atoms with Crippen molar-refractivity contribution >= 4 is 36.0 Å². The fourth-order valence-corrected chi connectivity index (χ4v) is 3.25. The first-order chi connectivity index (χ1) is 13.8. The summed E-state index contributed by atoms with van der Waals surface area (Å²) in [6.45, 7) is 13.9. The molecule has 0 aromatic heterocycles. The van der Waals surface area contributed by atoms with E-state index in [0.29, 0.717) is 32.3 Å². The highest BCUT2D eigenvalue weighted by Crippen LogP contribution is 2.20. The smallest absolute Gasteiger partial charge is 0.410 e. The van der Waals surface area contributed by atoms with Gasteiger partial charge in [0.15, 0.2) is 5.96 Å². The van der Waals surface area contributed by atoms with Gasteiger partial charge in [-0.1, -0.05) is 0 Å². The van der Waals surface area contributed by atoms with E-state index >= 15 is 0 Å². The first-order valence-corrected chi connectivity index (χ1v) is 10.8. The Balaban J connectivity index is 0.00000841. The normalized spacial score (nSPS) is 15.5. The van der Waals surface area contributed by atoms with Crippen molar-refractivity contribution in [2.75, 3.05) is 66.7 Å². The van der Waals surface area contributed by atoms with Gasteiger partial charge in [-0.25, -0.2) is 4.79 Å². The van der Waals surface area contributed by atoms with Crippen LogP contribution in [0.15, 0.2) is 4.99 Å². The van der Waals surface area contributed by atoms with E-state index in [1.165, 1.54) is 0 Å². The largest absolute Gasteiger partial charge is 0.444 e. The van der Waals surface area contributed by atoms with Crippen LogP contribution in [0.2, 0.25) is 0 Å². The quantitative estimate of drug-likeness (QED) is 0.198. The summed E-state index contributed by atoms with van der Waals surface area (Å²) in [5, 5.41) is 3.42. The van der Waals surface area contributed by atoms with Crippen LogP contribution in [0, 0.1) is 5.92 Å². The fraction of sp³-hybridized carbons (Fsp3) is 0.905. The summed E-state index contributed by atoms with van der Waals surface area (Å²) in [7, 11) is 3.50. The molecule has 0 bridgehead atoms. The molecule has 0 spiro atoms. The summed E-state index contributed by atoms with van der Waals surface area (Å²) < 4.78 is 16.0. The van der Waals surface area contributed by atoms with Gasteiger partial charge < -0.3 is 29.3 Å². The number of nitrogens with one attached hydrogen (secondary N) is 1. The van der Waals surface area contributed by atoms with Crippen LogP contribution in [0.3, 0.4) is 0 Å². The van der Waals surface area contributed by atoms with Gasteiger partial charge in [0.2, 0.25) is 0 Å². The Bertz CT molecular complexity index is 492. The maximum absolute atomic E-state index is 12.4. The lowest BCUT2D eigenvalue weighted by atomic mass is 9.96. The summed E-state index contributed by atoms with van der Waals surface area (Å²) in [5.74, 6) is 1.44. The number of halogens is 1. The Labute approximate surface area is 200 Å². The van der Waals surface area contributed by atoms with Crippen molar-refractivity contribution in [1.29, 1.82) is 0 Å². The van der Waals surface area contributed by atoms with E-state index in [2.05, 4.69) is 15.2 Å². The Morgan fingerprint density at radius 2 is 1.87 bits per heavy atom. The van der Waals surface area contributed by atoms with Crippen LogP contribution < -0.4 is 5.32 Å². The van der Waals surface area contributed by atoms with E-state index in [9.17, 15) is 4.79 Å². The van der Waals surface area contributed by atoms with Gasteiger partial charge >= 0.3 is 6.09 Å². The first kappa shape index (κ1) is 29.2. The zero-order valence-corrected chi connectivity index (χ0v) is 22.1. The average Bonchev–Trinajstić information content (AvgIpc) is 2.67. The molecule has 0 aromatic carbocycles. The molecule has 0 atom stereocenters. The van der Waals surface area contributed by atoms with Gasteiger partial charge in [0.25, 0.3) is 0 Å². The van der Waals surface area contributed by atoms with Crippen molar-refractivity contribution in [3.05, 3.63) is 0 Å². The average molecular weight is 543 g/mol. The maximum atomic E-state index is 12.4. The van der Waals surface area contributed by atoms with Crippen LogP contribution in [-0.4, -0.2) is 94.2 Å². The first-order valence-electron chi connectivity index (χ1n) is 10.8. The van der Waals surface area contributed by atoms with E-state index in [1.807, 2.05) is 39.6 Å². The lowest BCUT2D eigenvalue weighted by molar-refractivity contribution is 0.0214. The molecule has 0 saturated carbocycles. The number of piperidine rings is 1. The van der Waals surface area contributed by atoms with Crippen molar-refractivity contribution in [3.63, 3.8) is 0 Å². The number of hydrogen-bond donors (Lipinski definition) is 1. The molecular weight excluding hydrogens is 499 g/mol. The lowest BCUT2D eigenvalue weighted by Gasteiger charge is -2.36. The molecule has 9 heteroatoms. The summed E-state index contributed by atoms with van der Waals surface area (Å²) in [6, 6.07) is 0. The molecule has 1 saturated heterocycles. The third-order valence-electron chi connectivity index (χ3n) is 4.82. The minimum Gasteiger partial charge on any atom is -0.444 e. The van der Waals surface area contributed by atoms with E-state index in [1.54, 1.807) is 7.11 Å². The van der Waals surface area contributed by atoms with E-state index in [0.717, 1.165) is 51.4 Å². The molecule has 1 aliphatic rings. The number of nitrogens with zero attached hydrogens (tertiary/aromatic N) is 3. The van der Waals surface area contributed by atoms with Crippen LogP contribution in [0.1, 0.15) is 47.0 Å². The molecular formula is C21H43IN4O4. The number of hydrogen-bond acceptors (Lipinski definition) is 5. The SMILES string of the molecule is CCN(CC1CCN(C(=NC)NCCCOCCOC)CC1)C(=O)OC(C)(C)C.I. The molecule has 1 N–H and O–H groups in total. The van der Waals surface area contributed by atoms with Crippen LogP contribution in [0.25, 0.3) is 0 Å². The van der Waals surface area contributed by atoms with Crippen molar-refractivity contribution in [2.24, 2.45) is 10.9 Å². The Kier molecular flexibility index (Phi) is 15.5. The zero-order chi connectivity index (χ0) is 21.7. The van der Waals surface area contributed by atoms with Crippen molar-refractivity contribution in [2.45, 2.75) is 52.6 Å². The van der Waals surface area contributed by atoms with Gasteiger partial charge in [0.05, 0.1) is 13.2 Å². The molecule has 0 radical (unpaired) electrons. The highest BCUT2D eigenvalue weighted by atomic mass is 127. The molecule has 1 fully saturated rings. The number of amides is 1. The number of rotatable bonds is 10. The number of carbonyl (C=O) groups is 1. The zero-order valence-electron chi connectivity index (χ0n) is 19.7. The summed E-state index contributed by atoms with van der Waals surface area (Å²) >= 11 is 0. The molecule has 1 aliphatic heterocycles.